The van der Waals surface area contributed by atoms with Crippen molar-refractivity contribution in [2.75, 3.05) is 26.8 Å². The lowest BCUT2D eigenvalue weighted by Gasteiger charge is -2.25. The number of aryl methyl sites for hydroxylation is 3. The van der Waals surface area contributed by atoms with E-state index in [1.54, 1.807) is 11.9 Å². The maximum Gasteiger partial charge on any atom is 0.349 e. The van der Waals surface area contributed by atoms with Crippen LogP contribution in [0.15, 0.2) is 45.7 Å². The van der Waals surface area contributed by atoms with Crippen LogP contribution in [0, 0.1) is 12.8 Å². The monoisotopic (exact) mass is 422 g/mol. The minimum atomic E-state index is -0.545. The number of nitrogens with zero attached hydrogens (tertiary/aromatic N) is 1. The average Bonchev–Trinajstić information content (AvgIpc) is 3.19. The Morgan fingerprint density at radius 1 is 1.19 bits per heavy atom. The van der Waals surface area contributed by atoms with Crippen molar-refractivity contribution in [3.8, 4) is 0 Å². The molecule has 31 heavy (non-hydrogen) atoms. The zero-order valence-corrected chi connectivity index (χ0v) is 18.3. The lowest BCUT2D eigenvalue weighted by molar-refractivity contribution is 0.0582. The fourth-order valence-corrected chi connectivity index (χ4v) is 4.35. The molecular formula is C25H30N2O4. The Kier molecular flexibility index (Phi) is 6.56. The summed E-state index contributed by atoms with van der Waals surface area (Å²) in [7, 11) is 1.76. The standard InChI is InChI=1S/C25H30N2O4/c1-17-15-20(8-7-19-16-26-22-6-4-3-5-21(19)22)31-25(29)23(17)24(28)27(2)12-9-18-10-13-30-14-11-18/h3-6,15-16,18,26H,7-14H2,1-2H3. The van der Waals surface area contributed by atoms with Crippen LogP contribution < -0.4 is 5.63 Å². The Balaban J connectivity index is 1.41. The molecule has 1 N–H and O–H groups in total. The van der Waals surface area contributed by atoms with E-state index in [4.69, 9.17) is 9.15 Å². The van der Waals surface area contributed by atoms with Crippen LogP contribution in [0.4, 0.5) is 0 Å². The number of carbonyl (C=O) groups is 1. The molecule has 0 aliphatic carbocycles. The van der Waals surface area contributed by atoms with Gasteiger partial charge in [-0.3, -0.25) is 4.79 Å². The first-order valence-electron chi connectivity index (χ1n) is 11.0. The van der Waals surface area contributed by atoms with Gasteiger partial charge in [0, 0.05) is 50.3 Å². The summed E-state index contributed by atoms with van der Waals surface area (Å²) >= 11 is 0. The molecule has 1 aromatic carbocycles. The van der Waals surface area contributed by atoms with Crippen molar-refractivity contribution in [3.05, 3.63) is 69.4 Å². The summed E-state index contributed by atoms with van der Waals surface area (Å²) in [5.41, 5.74) is 2.55. The summed E-state index contributed by atoms with van der Waals surface area (Å²) in [5, 5.41) is 1.18. The topological polar surface area (TPSA) is 75.5 Å². The molecule has 6 heteroatoms. The predicted octanol–water partition coefficient (Wildman–Crippen LogP) is 4.10. The number of aromatic amines is 1. The van der Waals surface area contributed by atoms with Gasteiger partial charge in [0.15, 0.2) is 0 Å². The smallest absolute Gasteiger partial charge is 0.349 e. The van der Waals surface area contributed by atoms with Crippen molar-refractivity contribution < 1.29 is 13.9 Å². The van der Waals surface area contributed by atoms with Gasteiger partial charge in [0.25, 0.3) is 5.91 Å². The Labute approximate surface area is 182 Å². The van der Waals surface area contributed by atoms with E-state index in [9.17, 15) is 9.59 Å². The van der Waals surface area contributed by atoms with Crippen LogP contribution in [0.1, 0.15) is 46.5 Å². The van der Waals surface area contributed by atoms with Crippen LogP contribution in [0.2, 0.25) is 0 Å². The Morgan fingerprint density at radius 2 is 1.97 bits per heavy atom. The van der Waals surface area contributed by atoms with Crippen molar-refractivity contribution in [1.29, 1.82) is 0 Å². The molecule has 0 unspecified atom stereocenters. The van der Waals surface area contributed by atoms with Crippen molar-refractivity contribution in [1.82, 2.24) is 9.88 Å². The van der Waals surface area contributed by atoms with Crippen molar-refractivity contribution >= 4 is 16.8 Å². The molecule has 164 valence electrons. The minimum absolute atomic E-state index is 0.144. The van der Waals surface area contributed by atoms with Crippen molar-refractivity contribution in [2.24, 2.45) is 5.92 Å². The van der Waals surface area contributed by atoms with Gasteiger partial charge < -0.3 is 19.0 Å². The van der Waals surface area contributed by atoms with E-state index in [-0.39, 0.29) is 11.5 Å². The number of ether oxygens (including phenoxy) is 1. The van der Waals surface area contributed by atoms with E-state index in [0.717, 1.165) is 44.4 Å². The van der Waals surface area contributed by atoms with Gasteiger partial charge in [-0.1, -0.05) is 18.2 Å². The molecule has 0 radical (unpaired) electrons. The molecule has 6 nitrogen and oxygen atoms in total. The normalized spacial score (nSPS) is 14.8. The Bertz CT molecular complexity index is 1110. The number of fused-ring (bicyclic) bond motifs is 1. The molecule has 1 aliphatic rings. The fourth-order valence-electron chi connectivity index (χ4n) is 4.35. The first-order valence-corrected chi connectivity index (χ1v) is 11.0. The number of para-hydroxylation sites is 1. The molecule has 0 spiro atoms. The van der Waals surface area contributed by atoms with E-state index in [1.165, 1.54) is 10.9 Å². The molecule has 3 heterocycles. The van der Waals surface area contributed by atoms with Gasteiger partial charge in [0.05, 0.1) is 0 Å². The highest BCUT2D eigenvalue weighted by atomic mass is 16.5. The van der Waals surface area contributed by atoms with Gasteiger partial charge in [-0.25, -0.2) is 4.79 Å². The predicted molar refractivity (Wildman–Crippen MR) is 121 cm³/mol. The second kappa shape index (κ2) is 9.52. The van der Waals surface area contributed by atoms with E-state index < -0.39 is 5.63 Å². The number of nitrogens with one attached hydrogen (secondary N) is 1. The van der Waals surface area contributed by atoms with Gasteiger partial charge >= 0.3 is 5.63 Å². The maximum absolute atomic E-state index is 12.9. The Hall–Kier alpha value is -2.86. The molecule has 0 saturated carbocycles. The molecule has 1 saturated heterocycles. The third-order valence-electron chi connectivity index (χ3n) is 6.29. The molecule has 3 aromatic rings. The Morgan fingerprint density at radius 3 is 2.74 bits per heavy atom. The zero-order valence-electron chi connectivity index (χ0n) is 18.3. The number of amides is 1. The highest BCUT2D eigenvalue weighted by molar-refractivity contribution is 5.95. The number of benzene rings is 1. The lowest BCUT2D eigenvalue weighted by atomic mass is 9.96. The number of rotatable bonds is 7. The molecule has 1 amide bonds. The van der Waals surface area contributed by atoms with E-state index >= 15 is 0 Å². The largest absolute Gasteiger partial charge is 0.427 e. The number of aromatic nitrogens is 1. The van der Waals surface area contributed by atoms with E-state index in [0.29, 0.717) is 30.2 Å². The molecule has 1 fully saturated rings. The molecule has 0 atom stereocenters. The average molecular weight is 423 g/mol. The fraction of sp³-hybridized carbons (Fsp3) is 0.440. The first kappa shape index (κ1) is 21.4. The number of hydrogen-bond acceptors (Lipinski definition) is 4. The molecular weight excluding hydrogens is 392 g/mol. The number of H-pyrrole nitrogens is 1. The second-order valence-corrected chi connectivity index (χ2v) is 8.49. The van der Waals surface area contributed by atoms with Gasteiger partial charge in [-0.15, -0.1) is 0 Å². The molecule has 1 aliphatic heterocycles. The van der Waals surface area contributed by atoms with E-state index in [2.05, 4.69) is 11.1 Å². The molecule has 0 bridgehead atoms. The van der Waals surface area contributed by atoms with Gasteiger partial charge in [-0.2, -0.15) is 0 Å². The lowest BCUT2D eigenvalue weighted by Crippen LogP contribution is -2.33. The summed E-state index contributed by atoms with van der Waals surface area (Å²) < 4.78 is 10.9. The quantitative estimate of drug-likeness (QED) is 0.622. The van der Waals surface area contributed by atoms with E-state index in [1.807, 2.05) is 37.4 Å². The van der Waals surface area contributed by atoms with Crippen LogP contribution in [0.5, 0.6) is 0 Å². The molecule has 4 rings (SSSR count). The van der Waals surface area contributed by atoms with Crippen LogP contribution in [0.25, 0.3) is 10.9 Å². The summed E-state index contributed by atoms with van der Waals surface area (Å²) in [4.78, 5) is 30.5. The minimum Gasteiger partial charge on any atom is -0.427 e. The zero-order chi connectivity index (χ0) is 21.8. The van der Waals surface area contributed by atoms with Crippen LogP contribution in [-0.2, 0) is 17.6 Å². The third-order valence-corrected chi connectivity index (χ3v) is 6.29. The summed E-state index contributed by atoms with van der Waals surface area (Å²) in [6.07, 6.45) is 6.36. The summed E-state index contributed by atoms with van der Waals surface area (Å²) in [5.74, 6) is 0.920. The number of carbonyl (C=O) groups excluding carboxylic acids is 1. The summed E-state index contributed by atoms with van der Waals surface area (Å²) in [6.45, 7) is 4.03. The van der Waals surface area contributed by atoms with Gasteiger partial charge in [0.2, 0.25) is 0 Å². The van der Waals surface area contributed by atoms with Gasteiger partial charge in [-0.05, 0) is 61.8 Å². The summed E-state index contributed by atoms with van der Waals surface area (Å²) in [6, 6.07) is 9.97. The van der Waals surface area contributed by atoms with Crippen LogP contribution in [0.3, 0.4) is 0 Å². The van der Waals surface area contributed by atoms with Crippen LogP contribution >= 0.6 is 0 Å². The van der Waals surface area contributed by atoms with Crippen molar-refractivity contribution in [3.63, 3.8) is 0 Å². The first-order chi connectivity index (χ1) is 15.0. The van der Waals surface area contributed by atoms with Crippen molar-refractivity contribution in [2.45, 2.75) is 39.0 Å². The second-order valence-electron chi connectivity index (χ2n) is 8.49. The van der Waals surface area contributed by atoms with Gasteiger partial charge in [0.1, 0.15) is 11.3 Å². The van der Waals surface area contributed by atoms with Crippen LogP contribution in [-0.4, -0.2) is 42.6 Å². The SMILES string of the molecule is Cc1cc(CCc2c[nH]c3ccccc23)oc(=O)c1C(=O)N(C)CCC1CCOCC1. The highest BCUT2D eigenvalue weighted by Crippen LogP contribution is 2.21. The third kappa shape index (κ3) is 4.90. The highest BCUT2D eigenvalue weighted by Gasteiger charge is 2.22. The molecule has 2 aromatic heterocycles. The maximum atomic E-state index is 12.9. The number of hydrogen-bond donors (Lipinski definition) is 1.